The average molecular weight is 523 g/mol. The second-order valence-corrected chi connectivity index (χ2v) is 11.0. The lowest BCUT2D eigenvalue weighted by Gasteiger charge is -2.29. The fourth-order valence-electron chi connectivity index (χ4n) is 6.35. The molecule has 0 aliphatic carbocycles. The van der Waals surface area contributed by atoms with Gasteiger partial charge in [0.25, 0.3) is 0 Å². The maximum Gasteiger partial charge on any atom is 0.154 e. The first-order chi connectivity index (χ1) is 19.7. The molecule has 2 aliphatic heterocycles. The monoisotopic (exact) mass is 522 g/mol. The Balaban J connectivity index is 1.34. The highest BCUT2D eigenvalue weighted by atomic mass is 16.3. The summed E-state index contributed by atoms with van der Waals surface area (Å²) in [5.74, 6) is 2.39. The van der Waals surface area contributed by atoms with Crippen molar-refractivity contribution in [2.75, 3.05) is 18.0 Å². The van der Waals surface area contributed by atoms with Crippen molar-refractivity contribution in [3.8, 4) is 22.5 Å². The maximum absolute atomic E-state index is 6.60. The van der Waals surface area contributed by atoms with Crippen molar-refractivity contribution < 1.29 is 4.42 Å². The van der Waals surface area contributed by atoms with E-state index in [-0.39, 0.29) is 0 Å². The Morgan fingerprint density at radius 2 is 1.45 bits per heavy atom. The second-order valence-electron chi connectivity index (χ2n) is 11.0. The molecule has 0 saturated carbocycles. The Morgan fingerprint density at radius 1 is 0.750 bits per heavy atom. The van der Waals surface area contributed by atoms with Gasteiger partial charge in [-0.25, -0.2) is 0 Å². The summed E-state index contributed by atoms with van der Waals surface area (Å²) in [5, 5.41) is 3.51. The van der Waals surface area contributed by atoms with E-state index in [2.05, 4.69) is 120 Å². The van der Waals surface area contributed by atoms with Crippen LogP contribution in [0.5, 0.6) is 0 Å². The molecule has 0 unspecified atom stereocenters. The summed E-state index contributed by atoms with van der Waals surface area (Å²) in [6.07, 6.45) is 3.21. The minimum atomic E-state index is 0.606. The van der Waals surface area contributed by atoms with E-state index in [0.717, 1.165) is 42.3 Å². The number of fused-ring (bicyclic) bond motifs is 2. The highest BCUT2D eigenvalue weighted by Crippen LogP contribution is 2.42. The molecule has 1 aromatic heterocycles. The number of hydrogen-bond donors (Lipinski definition) is 1. The summed E-state index contributed by atoms with van der Waals surface area (Å²) < 4.78 is 6.60. The van der Waals surface area contributed by atoms with E-state index in [0.29, 0.717) is 12.5 Å². The molecule has 4 aromatic carbocycles. The van der Waals surface area contributed by atoms with Gasteiger partial charge in [-0.3, -0.25) is 0 Å². The van der Waals surface area contributed by atoms with Crippen molar-refractivity contribution >= 4 is 11.4 Å². The molecule has 3 nitrogen and oxygen atoms in total. The van der Waals surface area contributed by atoms with Crippen molar-refractivity contribution in [1.82, 2.24) is 5.32 Å². The molecule has 0 atom stereocenters. The zero-order valence-corrected chi connectivity index (χ0v) is 22.8. The predicted octanol–water partition coefficient (Wildman–Crippen LogP) is 8.66. The van der Waals surface area contributed by atoms with Gasteiger partial charge in [-0.15, -0.1) is 0 Å². The van der Waals surface area contributed by atoms with Gasteiger partial charge in [0.05, 0.1) is 5.70 Å². The lowest BCUT2D eigenvalue weighted by Crippen LogP contribution is -2.26. The quantitative estimate of drug-likeness (QED) is 0.250. The van der Waals surface area contributed by atoms with Gasteiger partial charge in [0.1, 0.15) is 5.76 Å². The van der Waals surface area contributed by atoms with Crippen LogP contribution in [-0.2, 0) is 13.0 Å². The van der Waals surface area contributed by atoms with Crippen LogP contribution in [0.2, 0.25) is 0 Å². The molecule has 5 aromatic rings. The van der Waals surface area contributed by atoms with Crippen LogP contribution in [0.1, 0.15) is 46.8 Å². The van der Waals surface area contributed by atoms with Crippen molar-refractivity contribution in [2.24, 2.45) is 0 Å². The van der Waals surface area contributed by atoms with Gasteiger partial charge in [-0.2, -0.15) is 0 Å². The SMILES string of the molecule is C=C1c2oc(-c3ccccc3)cc2Cc2cc(C3CCNCC3)ccc2N1Cc1ccccc1-c1ccccc1. The minimum absolute atomic E-state index is 0.606. The summed E-state index contributed by atoms with van der Waals surface area (Å²) in [5.41, 5.74) is 11.0. The Labute approximate surface area is 236 Å². The molecule has 1 saturated heterocycles. The Hall–Kier alpha value is -4.34. The Kier molecular flexibility index (Phi) is 6.59. The van der Waals surface area contributed by atoms with Crippen LogP contribution in [0.25, 0.3) is 28.1 Å². The third-order valence-electron chi connectivity index (χ3n) is 8.47. The average Bonchev–Trinajstić information content (AvgIpc) is 3.41. The van der Waals surface area contributed by atoms with Crippen LogP contribution >= 0.6 is 0 Å². The van der Waals surface area contributed by atoms with Gasteiger partial charge in [-0.1, -0.05) is 104 Å². The lowest BCUT2D eigenvalue weighted by atomic mass is 9.88. The Morgan fingerprint density at radius 3 is 2.23 bits per heavy atom. The molecular formula is C37H34N2O. The van der Waals surface area contributed by atoms with Gasteiger partial charge in [0.2, 0.25) is 0 Å². The van der Waals surface area contributed by atoms with E-state index in [9.17, 15) is 0 Å². The standard InChI is InChI=1S/C37H34N2O/c1-26-37-33(24-36(40-37)29-12-6-3-7-13-29)23-32-22-30(27-18-20-38-21-19-27)16-17-35(32)39(26)25-31-14-8-9-15-34(31)28-10-4-2-5-11-28/h2-17,22,24,27,38H,1,18-21,23,25H2. The number of nitrogens with one attached hydrogen (secondary N) is 1. The number of furan rings is 1. The third kappa shape index (κ3) is 4.67. The van der Waals surface area contributed by atoms with Crippen molar-refractivity contribution in [3.05, 3.63) is 144 Å². The number of hydrogen-bond acceptors (Lipinski definition) is 3. The number of piperidine rings is 1. The van der Waals surface area contributed by atoms with Crippen LogP contribution in [0.15, 0.2) is 120 Å². The first-order valence-electron chi connectivity index (χ1n) is 14.4. The van der Waals surface area contributed by atoms with Gasteiger partial charge >= 0.3 is 0 Å². The van der Waals surface area contributed by atoms with Crippen LogP contribution in [0.4, 0.5) is 5.69 Å². The predicted molar refractivity (Wildman–Crippen MR) is 165 cm³/mol. The van der Waals surface area contributed by atoms with Crippen molar-refractivity contribution in [1.29, 1.82) is 0 Å². The molecule has 1 fully saturated rings. The number of anilines is 1. The first kappa shape index (κ1) is 24.7. The molecule has 0 spiro atoms. The van der Waals surface area contributed by atoms with E-state index in [1.807, 2.05) is 6.07 Å². The molecule has 0 bridgehead atoms. The van der Waals surface area contributed by atoms with Crippen LogP contribution in [0.3, 0.4) is 0 Å². The van der Waals surface area contributed by atoms with Gasteiger partial charge in [0, 0.05) is 29.8 Å². The maximum atomic E-state index is 6.60. The summed E-state index contributed by atoms with van der Waals surface area (Å²) in [6.45, 7) is 7.53. The molecule has 198 valence electrons. The summed E-state index contributed by atoms with van der Waals surface area (Å²) in [7, 11) is 0. The minimum Gasteiger partial charge on any atom is -0.454 e. The molecule has 2 aliphatic rings. The fourth-order valence-corrected chi connectivity index (χ4v) is 6.35. The molecule has 1 N–H and O–H groups in total. The summed E-state index contributed by atoms with van der Waals surface area (Å²) in [4.78, 5) is 2.37. The Bertz CT molecular complexity index is 1640. The summed E-state index contributed by atoms with van der Waals surface area (Å²) in [6, 6.07) is 39.1. The van der Waals surface area contributed by atoms with E-state index in [4.69, 9.17) is 4.42 Å². The summed E-state index contributed by atoms with van der Waals surface area (Å²) >= 11 is 0. The van der Waals surface area contributed by atoms with Crippen LogP contribution < -0.4 is 10.2 Å². The van der Waals surface area contributed by atoms with Crippen LogP contribution in [-0.4, -0.2) is 13.1 Å². The topological polar surface area (TPSA) is 28.4 Å². The molecule has 0 amide bonds. The molecule has 3 heterocycles. The highest BCUT2D eigenvalue weighted by molar-refractivity contribution is 5.83. The zero-order valence-electron chi connectivity index (χ0n) is 22.8. The lowest BCUT2D eigenvalue weighted by molar-refractivity contribution is 0.460. The molecule has 40 heavy (non-hydrogen) atoms. The number of rotatable bonds is 5. The van der Waals surface area contributed by atoms with Crippen LogP contribution in [0, 0.1) is 0 Å². The van der Waals surface area contributed by atoms with E-state index in [1.165, 1.54) is 51.9 Å². The van der Waals surface area contributed by atoms with Crippen molar-refractivity contribution in [3.63, 3.8) is 0 Å². The molecule has 3 heteroatoms. The number of benzene rings is 4. The third-order valence-corrected chi connectivity index (χ3v) is 8.47. The second kappa shape index (κ2) is 10.7. The van der Waals surface area contributed by atoms with Crippen molar-refractivity contribution in [2.45, 2.75) is 31.7 Å². The number of nitrogens with zero attached hydrogens (tertiary/aromatic N) is 1. The molecular weight excluding hydrogens is 488 g/mol. The van der Waals surface area contributed by atoms with Gasteiger partial charge < -0.3 is 14.6 Å². The van der Waals surface area contributed by atoms with Gasteiger partial charge in [-0.05, 0) is 71.8 Å². The normalized spacial score (nSPS) is 15.4. The zero-order chi connectivity index (χ0) is 26.9. The first-order valence-corrected chi connectivity index (χ1v) is 14.4. The molecule has 7 rings (SSSR count). The highest BCUT2D eigenvalue weighted by Gasteiger charge is 2.28. The van der Waals surface area contributed by atoms with E-state index in [1.54, 1.807) is 0 Å². The van der Waals surface area contributed by atoms with E-state index < -0.39 is 0 Å². The smallest absolute Gasteiger partial charge is 0.154 e. The van der Waals surface area contributed by atoms with E-state index >= 15 is 0 Å². The van der Waals surface area contributed by atoms with Gasteiger partial charge in [0.15, 0.2) is 5.76 Å². The molecule has 0 radical (unpaired) electrons. The largest absolute Gasteiger partial charge is 0.454 e. The fraction of sp³-hybridized carbons (Fsp3) is 0.189.